The van der Waals surface area contributed by atoms with E-state index in [1.165, 1.54) is 6.07 Å². The van der Waals surface area contributed by atoms with Crippen LogP contribution in [0, 0.1) is 0 Å². The summed E-state index contributed by atoms with van der Waals surface area (Å²) in [4.78, 5) is 3.48. The van der Waals surface area contributed by atoms with Crippen LogP contribution in [0.2, 0.25) is 0 Å². The summed E-state index contributed by atoms with van der Waals surface area (Å²) in [7, 11) is 0. The number of nitrogens with zero attached hydrogens (tertiary/aromatic N) is 1. The van der Waals surface area contributed by atoms with Gasteiger partial charge >= 0.3 is 0 Å². The molecule has 1 heterocycles. The van der Waals surface area contributed by atoms with E-state index in [0.717, 1.165) is 6.20 Å². The highest BCUT2D eigenvalue weighted by Crippen LogP contribution is 2.24. The maximum atomic E-state index is 12.0. The first-order valence-electron chi connectivity index (χ1n) is 2.90. The molecule has 0 atom stereocenters. The lowest BCUT2D eigenvalue weighted by molar-refractivity contribution is 0.152. The van der Waals surface area contributed by atoms with Gasteiger partial charge in [-0.3, -0.25) is 0 Å². The predicted octanol–water partition coefficient (Wildman–Crippen LogP) is 1.18. The molecule has 0 spiro atoms. The molecule has 0 saturated carbocycles. The van der Waals surface area contributed by atoms with Crippen molar-refractivity contribution in [3.63, 3.8) is 0 Å². The molecule has 60 valence electrons. The van der Waals surface area contributed by atoms with Crippen molar-refractivity contribution in [2.45, 2.75) is 6.43 Å². The Balaban J connectivity index is 3.09. The number of hydrogen-bond acceptors (Lipinski definition) is 3. The Kier molecular flexibility index (Phi) is 1.89. The van der Waals surface area contributed by atoms with E-state index in [1.807, 2.05) is 0 Å². The van der Waals surface area contributed by atoms with Crippen molar-refractivity contribution >= 4 is 11.5 Å². The predicted molar refractivity (Wildman–Crippen MR) is 38.0 cm³/mol. The molecule has 0 saturated heterocycles. The molecule has 0 aliphatic heterocycles. The lowest BCUT2D eigenvalue weighted by Crippen LogP contribution is -1.98. The molecule has 4 N–H and O–H groups in total. The molecular formula is C6H7F2N3. The molecule has 3 nitrogen and oxygen atoms in total. The van der Waals surface area contributed by atoms with Crippen molar-refractivity contribution in [1.82, 2.24) is 4.98 Å². The summed E-state index contributed by atoms with van der Waals surface area (Å²) in [6, 6.07) is 1.21. The van der Waals surface area contributed by atoms with Crippen molar-refractivity contribution in [2.24, 2.45) is 0 Å². The minimum Gasteiger partial charge on any atom is -0.398 e. The Morgan fingerprint density at radius 2 is 2.00 bits per heavy atom. The number of anilines is 2. The summed E-state index contributed by atoms with van der Waals surface area (Å²) in [6.45, 7) is 0. The summed E-state index contributed by atoms with van der Waals surface area (Å²) >= 11 is 0. The Hall–Kier alpha value is -1.39. The lowest BCUT2D eigenvalue weighted by atomic mass is 10.2. The second kappa shape index (κ2) is 2.69. The molecule has 0 radical (unpaired) electrons. The molecule has 1 aromatic heterocycles. The largest absolute Gasteiger partial charge is 0.398 e. The first kappa shape index (κ1) is 7.71. The molecular weight excluding hydrogens is 152 g/mol. The summed E-state index contributed by atoms with van der Waals surface area (Å²) in [5.41, 5.74) is 10.1. The number of hydrogen-bond donors (Lipinski definition) is 2. The maximum absolute atomic E-state index is 12.0. The van der Waals surface area contributed by atoms with E-state index >= 15 is 0 Å². The lowest BCUT2D eigenvalue weighted by Gasteiger charge is -2.02. The summed E-state index contributed by atoms with van der Waals surface area (Å²) in [5.74, 6) is 0.145. The Labute approximate surface area is 62.0 Å². The molecule has 0 fully saturated rings. The van der Waals surface area contributed by atoms with Gasteiger partial charge in [0.25, 0.3) is 6.43 Å². The molecule has 0 aliphatic carbocycles. The number of rotatable bonds is 1. The summed E-state index contributed by atoms with van der Waals surface area (Å²) < 4.78 is 24.0. The number of nitrogen functional groups attached to an aromatic ring is 2. The molecule has 0 aliphatic rings. The van der Waals surface area contributed by atoms with Gasteiger partial charge in [-0.15, -0.1) is 0 Å². The number of aromatic nitrogens is 1. The quantitative estimate of drug-likeness (QED) is 0.646. The van der Waals surface area contributed by atoms with E-state index in [4.69, 9.17) is 11.5 Å². The highest BCUT2D eigenvalue weighted by molar-refractivity contribution is 5.52. The fourth-order valence-corrected chi connectivity index (χ4v) is 0.681. The third-order valence-corrected chi connectivity index (χ3v) is 1.22. The van der Waals surface area contributed by atoms with Gasteiger partial charge in [-0.2, -0.15) is 0 Å². The van der Waals surface area contributed by atoms with E-state index < -0.39 is 6.43 Å². The van der Waals surface area contributed by atoms with Crippen molar-refractivity contribution in [1.29, 1.82) is 0 Å². The number of alkyl halides is 2. The van der Waals surface area contributed by atoms with Crippen molar-refractivity contribution in [3.8, 4) is 0 Å². The molecule has 11 heavy (non-hydrogen) atoms. The van der Waals surface area contributed by atoms with Crippen LogP contribution in [-0.2, 0) is 0 Å². The number of pyridine rings is 1. The van der Waals surface area contributed by atoms with E-state index in [-0.39, 0.29) is 17.1 Å². The van der Waals surface area contributed by atoms with Crippen LogP contribution < -0.4 is 11.5 Å². The van der Waals surface area contributed by atoms with Gasteiger partial charge in [0.1, 0.15) is 5.82 Å². The van der Waals surface area contributed by atoms with Gasteiger partial charge in [-0.1, -0.05) is 0 Å². The molecule has 0 aromatic carbocycles. The van der Waals surface area contributed by atoms with Gasteiger partial charge in [0.2, 0.25) is 0 Å². The summed E-state index contributed by atoms with van der Waals surface area (Å²) in [6.07, 6.45) is -1.61. The monoisotopic (exact) mass is 159 g/mol. The van der Waals surface area contributed by atoms with Crippen molar-refractivity contribution in [2.75, 3.05) is 11.5 Å². The van der Waals surface area contributed by atoms with E-state index in [2.05, 4.69) is 4.98 Å². The molecule has 0 bridgehead atoms. The standard InChI is InChI=1S/C6H7F2N3/c7-6(8)3-2-11-5(10)1-4(3)9/h1-2,6H,(H4,9,10,11). The normalized spacial score (nSPS) is 10.5. The average molecular weight is 159 g/mol. The van der Waals surface area contributed by atoms with Gasteiger partial charge in [-0.25, -0.2) is 13.8 Å². The Morgan fingerprint density at radius 3 is 2.45 bits per heavy atom. The van der Waals surface area contributed by atoms with E-state index in [1.54, 1.807) is 0 Å². The molecule has 0 amide bonds. The SMILES string of the molecule is Nc1cc(N)c(C(F)F)cn1. The fraction of sp³-hybridized carbons (Fsp3) is 0.167. The molecule has 5 heteroatoms. The van der Waals surface area contributed by atoms with Gasteiger partial charge < -0.3 is 11.5 Å². The topological polar surface area (TPSA) is 64.9 Å². The van der Waals surface area contributed by atoms with Crippen LogP contribution in [0.1, 0.15) is 12.0 Å². The first-order valence-corrected chi connectivity index (χ1v) is 2.90. The van der Waals surface area contributed by atoms with Gasteiger partial charge in [0.15, 0.2) is 0 Å². The van der Waals surface area contributed by atoms with Gasteiger partial charge in [0.05, 0.1) is 5.56 Å². The van der Waals surface area contributed by atoms with E-state index in [0.29, 0.717) is 0 Å². The molecule has 1 rings (SSSR count). The third kappa shape index (κ3) is 1.54. The van der Waals surface area contributed by atoms with Gasteiger partial charge in [-0.05, 0) is 0 Å². The average Bonchev–Trinajstić information content (AvgIpc) is 1.85. The first-order chi connectivity index (χ1) is 5.11. The Bertz CT molecular complexity index is 262. The van der Waals surface area contributed by atoms with Crippen molar-refractivity contribution in [3.05, 3.63) is 17.8 Å². The van der Waals surface area contributed by atoms with Crippen LogP contribution in [-0.4, -0.2) is 4.98 Å². The zero-order valence-corrected chi connectivity index (χ0v) is 5.59. The van der Waals surface area contributed by atoms with Crippen LogP contribution in [0.5, 0.6) is 0 Å². The van der Waals surface area contributed by atoms with Crippen LogP contribution in [0.25, 0.3) is 0 Å². The van der Waals surface area contributed by atoms with Gasteiger partial charge in [0, 0.05) is 18.0 Å². The van der Waals surface area contributed by atoms with E-state index in [9.17, 15) is 8.78 Å². The second-order valence-corrected chi connectivity index (χ2v) is 2.04. The highest BCUT2D eigenvalue weighted by Gasteiger charge is 2.10. The minimum atomic E-state index is -2.59. The maximum Gasteiger partial charge on any atom is 0.267 e. The number of nitrogens with two attached hydrogens (primary N) is 2. The Morgan fingerprint density at radius 1 is 1.36 bits per heavy atom. The zero-order valence-electron chi connectivity index (χ0n) is 5.59. The summed E-state index contributed by atoms with van der Waals surface area (Å²) in [5, 5.41) is 0. The van der Waals surface area contributed by atoms with Crippen LogP contribution in [0.4, 0.5) is 20.3 Å². The zero-order chi connectivity index (χ0) is 8.43. The molecule has 0 unspecified atom stereocenters. The highest BCUT2D eigenvalue weighted by atomic mass is 19.3. The minimum absolute atomic E-state index is 0.0208. The van der Waals surface area contributed by atoms with Crippen LogP contribution in [0.3, 0.4) is 0 Å². The fourth-order valence-electron chi connectivity index (χ4n) is 0.681. The molecule has 1 aromatic rings. The van der Waals surface area contributed by atoms with Crippen LogP contribution >= 0.6 is 0 Å². The smallest absolute Gasteiger partial charge is 0.267 e. The van der Waals surface area contributed by atoms with Crippen LogP contribution in [0.15, 0.2) is 12.3 Å². The number of halogens is 2. The third-order valence-electron chi connectivity index (χ3n) is 1.22. The second-order valence-electron chi connectivity index (χ2n) is 2.04. The van der Waals surface area contributed by atoms with Crippen molar-refractivity contribution < 1.29 is 8.78 Å².